The van der Waals surface area contributed by atoms with E-state index in [2.05, 4.69) is 0 Å². The van der Waals surface area contributed by atoms with Crippen LogP contribution in [0, 0.1) is 5.82 Å². The van der Waals surface area contributed by atoms with Crippen LogP contribution in [0.15, 0.2) is 29.1 Å². The molecule has 1 aromatic heterocycles. The Morgan fingerprint density at radius 3 is 2.79 bits per heavy atom. The van der Waals surface area contributed by atoms with E-state index in [9.17, 15) is 9.18 Å². The number of aromatic nitrogens is 1. The molecule has 0 spiro atoms. The topological polar surface area (TPSA) is 22.0 Å². The van der Waals surface area contributed by atoms with E-state index in [-0.39, 0.29) is 11.4 Å². The van der Waals surface area contributed by atoms with E-state index in [1.165, 1.54) is 22.8 Å². The van der Waals surface area contributed by atoms with Gasteiger partial charge in [-0.25, -0.2) is 4.39 Å². The first-order valence-corrected chi connectivity index (χ1v) is 4.42. The van der Waals surface area contributed by atoms with E-state index >= 15 is 0 Å². The zero-order valence-electron chi connectivity index (χ0n) is 7.42. The second kappa shape index (κ2) is 3.10. The first kappa shape index (κ1) is 9.21. The maximum Gasteiger partial charge on any atom is 0.252 e. The fraction of sp³-hybridized carbons (Fsp3) is 0.100. The second-order valence-electron chi connectivity index (χ2n) is 3.05. The van der Waals surface area contributed by atoms with Gasteiger partial charge in [0.2, 0.25) is 0 Å². The first-order chi connectivity index (χ1) is 6.59. The van der Waals surface area contributed by atoms with E-state index in [0.29, 0.717) is 15.9 Å². The molecule has 0 bridgehead atoms. The highest BCUT2D eigenvalue weighted by Gasteiger charge is 2.05. The summed E-state index contributed by atoms with van der Waals surface area (Å²) in [6, 6.07) is 5.50. The zero-order valence-corrected chi connectivity index (χ0v) is 8.18. The standard InChI is InChI=1S/C10H7ClFNO/c1-13-9-4-6(12)2-3-7(9)8(11)5-10(13)14/h2-5H,1H3. The molecule has 72 valence electrons. The van der Waals surface area contributed by atoms with Crippen LogP contribution in [0.4, 0.5) is 4.39 Å². The van der Waals surface area contributed by atoms with Crippen LogP contribution in [0.2, 0.25) is 5.02 Å². The van der Waals surface area contributed by atoms with Crippen LogP contribution < -0.4 is 5.56 Å². The lowest BCUT2D eigenvalue weighted by Crippen LogP contribution is -2.15. The minimum absolute atomic E-state index is 0.242. The molecule has 0 amide bonds. The summed E-state index contributed by atoms with van der Waals surface area (Å²) in [7, 11) is 1.58. The highest BCUT2D eigenvalue weighted by molar-refractivity contribution is 6.35. The molecule has 2 aromatic rings. The number of fused-ring (bicyclic) bond motifs is 1. The lowest BCUT2D eigenvalue weighted by molar-refractivity contribution is 0.628. The highest BCUT2D eigenvalue weighted by Crippen LogP contribution is 2.21. The molecular formula is C10H7ClFNO. The monoisotopic (exact) mass is 211 g/mol. The van der Waals surface area contributed by atoms with Gasteiger partial charge in [0.25, 0.3) is 5.56 Å². The number of aryl methyl sites for hydroxylation is 1. The summed E-state index contributed by atoms with van der Waals surface area (Å²) < 4.78 is 14.3. The SMILES string of the molecule is Cn1c(=O)cc(Cl)c2ccc(F)cc21. The molecule has 1 heterocycles. The Morgan fingerprint density at radius 1 is 1.36 bits per heavy atom. The van der Waals surface area contributed by atoms with Gasteiger partial charge < -0.3 is 4.57 Å². The fourth-order valence-electron chi connectivity index (χ4n) is 1.39. The molecule has 14 heavy (non-hydrogen) atoms. The van der Waals surface area contributed by atoms with Gasteiger partial charge in [-0.05, 0) is 18.2 Å². The predicted molar refractivity (Wildman–Crippen MR) is 54.2 cm³/mol. The number of benzene rings is 1. The fourth-order valence-corrected chi connectivity index (χ4v) is 1.64. The quantitative estimate of drug-likeness (QED) is 0.656. The molecular weight excluding hydrogens is 205 g/mol. The highest BCUT2D eigenvalue weighted by atomic mass is 35.5. The van der Waals surface area contributed by atoms with Gasteiger partial charge in [0.05, 0.1) is 10.5 Å². The lowest BCUT2D eigenvalue weighted by Gasteiger charge is -2.05. The predicted octanol–water partition coefficient (Wildman–Crippen LogP) is 2.33. The Morgan fingerprint density at radius 2 is 2.07 bits per heavy atom. The van der Waals surface area contributed by atoms with Gasteiger partial charge in [-0.15, -0.1) is 0 Å². The average Bonchev–Trinajstić information content (AvgIpc) is 2.14. The molecule has 4 heteroatoms. The number of rotatable bonds is 0. The Kier molecular flexibility index (Phi) is 2.04. The van der Waals surface area contributed by atoms with Crippen molar-refractivity contribution in [2.75, 3.05) is 0 Å². The van der Waals surface area contributed by atoms with Crippen molar-refractivity contribution in [3.63, 3.8) is 0 Å². The summed E-state index contributed by atoms with van der Waals surface area (Å²) in [4.78, 5) is 11.3. The minimum atomic E-state index is -0.380. The number of hydrogen-bond donors (Lipinski definition) is 0. The molecule has 1 aromatic carbocycles. The third-order valence-corrected chi connectivity index (χ3v) is 2.47. The Labute approximate surface area is 84.5 Å². The summed E-state index contributed by atoms with van der Waals surface area (Å²) in [5.41, 5.74) is 0.260. The first-order valence-electron chi connectivity index (χ1n) is 4.04. The van der Waals surface area contributed by atoms with Crippen molar-refractivity contribution in [3.8, 4) is 0 Å². The third kappa shape index (κ3) is 1.30. The summed E-state index contributed by atoms with van der Waals surface area (Å²) >= 11 is 5.85. The molecule has 0 atom stereocenters. The molecule has 0 radical (unpaired) electrons. The molecule has 0 fully saturated rings. The van der Waals surface area contributed by atoms with Crippen molar-refractivity contribution >= 4 is 22.5 Å². The van der Waals surface area contributed by atoms with Crippen molar-refractivity contribution in [2.45, 2.75) is 0 Å². The summed E-state index contributed by atoms with van der Waals surface area (Å²) in [6.45, 7) is 0. The summed E-state index contributed by atoms with van der Waals surface area (Å²) in [6.07, 6.45) is 0. The van der Waals surface area contributed by atoms with Gasteiger partial charge in [-0.3, -0.25) is 4.79 Å². The molecule has 2 rings (SSSR count). The smallest absolute Gasteiger partial charge is 0.252 e. The van der Waals surface area contributed by atoms with E-state index in [1.54, 1.807) is 13.1 Å². The van der Waals surface area contributed by atoms with Gasteiger partial charge in [-0.2, -0.15) is 0 Å². The van der Waals surface area contributed by atoms with Crippen molar-refractivity contribution in [1.29, 1.82) is 0 Å². The van der Waals surface area contributed by atoms with Crippen LogP contribution in [0.1, 0.15) is 0 Å². The molecule has 0 saturated carbocycles. The Bertz CT molecular complexity index is 562. The average molecular weight is 212 g/mol. The maximum atomic E-state index is 12.9. The van der Waals surface area contributed by atoms with Crippen molar-refractivity contribution in [3.05, 3.63) is 45.5 Å². The zero-order chi connectivity index (χ0) is 10.3. The molecule has 0 aliphatic carbocycles. The van der Waals surface area contributed by atoms with E-state index in [0.717, 1.165) is 0 Å². The third-order valence-electron chi connectivity index (χ3n) is 2.16. The van der Waals surface area contributed by atoms with Gasteiger partial charge >= 0.3 is 0 Å². The van der Waals surface area contributed by atoms with Crippen LogP contribution in [0.25, 0.3) is 10.9 Å². The van der Waals surface area contributed by atoms with Crippen LogP contribution in [-0.2, 0) is 7.05 Å². The molecule has 0 aliphatic rings. The van der Waals surface area contributed by atoms with Gasteiger partial charge in [-0.1, -0.05) is 11.6 Å². The lowest BCUT2D eigenvalue weighted by atomic mass is 10.2. The molecule has 0 saturated heterocycles. The largest absolute Gasteiger partial charge is 0.311 e. The van der Waals surface area contributed by atoms with E-state index < -0.39 is 0 Å². The normalized spacial score (nSPS) is 10.8. The van der Waals surface area contributed by atoms with Gasteiger partial charge in [0.15, 0.2) is 0 Å². The van der Waals surface area contributed by atoms with Crippen molar-refractivity contribution in [1.82, 2.24) is 4.57 Å². The number of halogens is 2. The van der Waals surface area contributed by atoms with Crippen molar-refractivity contribution < 1.29 is 4.39 Å². The molecule has 2 nitrogen and oxygen atoms in total. The second-order valence-corrected chi connectivity index (χ2v) is 3.46. The van der Waals surface area contributed by atoms with Gasteiger partial charge in [0, 0.05) is 18.5 Å². The summed E-state index contributed by atoms with van der Waals surface area (Å²) in [5, 5.41) is 1.03. The van der Waals surface area contributed by atoms with E-state index in [4.69, 9.17) is 11.6 Å². The van der Waals surface area contributed by atoms with Crippen molar-refractivity contribution in [2.24, 2.45) is 7.05 Å². The van der Waals surface area contributed by atoms with Crippen LogP contribution in [0.3, 0.4) is 0 Å². The number of hydrogen-bond acceptors (Lipinski definition) is 1. The number of pyridine rings is 1. The Hall–Kier alpha value is -1.35. The van der Waals surface area contributed by atoms with Gasteiger partial charge in [0.1, 0.15) is 5.82 Å². The van der Waals surface area contributed by atoms with Crippen LogP contribution in [-0.4, -0.2) is 4.57 Å². The molecule has 0 N–H and O–H groups in total. The van der Waals surface area contributed by atoms with Crippen LogP contribution in [0.5, 0.6) is 0 Å². The van der Waals surface area contributed by atoms with E-state index in [1.807, 2.05) is 0 Å². The maximum absolute atomic E-state index is 12.9. The minimum Gasteiger partial charge on any atom is -0.311 e. The summed E-state index contributed by atoms with van der Waals surface area (Å²) in [5.74, 6) is -0.380. The number of nitrogens with zero attached hydrogens (tertiary/aromatic N) is 1. The molecule has 0 aliphatic heterocycles. The Balaban J connectivity index is 3.03. The van der Waals surface area contributed by atoms with Crippen LogP contribution >= 0.6 is 11.6 Å². The molecule has 0 unspecified atom stereocenters.